The van der Waals surface area contributed by atoms with E-state index in [1.54, 1.807) is 12.1 Å². The topological polar surface area (TPSA) is 103 Å². The second kappa shape index (κ2) is 9.03. The molecule has 1 aromatic heterocycles. The first kappa shape index (κ1) is 20.8. The molecule has 30 heavy (non-hydrogen) atoms. The molecule has 0 bridgehead atoms. The minimum Gasteiger partial charge on any atom is -0.494 e. The van der Waals surface area contributed by atoms with Gasteiger partial charge in [-0.15, -0.1) is 0 Å². The maximum atomic E-state index is 14.4. The minimum atomic E-state index is -1.06. The lowest BCUT2D eigenvalue weighted by Gasteiger charge is -2.13. The second-order valence-corrected chi connectivity index (χ2v) is 5.93. The van der Waals surface area contributed by atoms with E-state index >= 15 is 0 Å². The van der Waals surface area contributed by atoms with Crippen molar-refractivity contribution in [2.45, 2.75) is 6.61 Å². The van der Waals surface area contributed by atoms with Crippen LogP contribution in [0.2, 0.25) is 0 Å². The van der Waals surface area contributed by atoms with Crippen LogP contribution >= 0.6 is 0 Å². The van der Waals surface area contributed by atoms with Gasteiger partial charge in [0.1, 0.15) is 6.61 Å². The number of carboxylic acid groups (broad SMARTS) is 1. The van der Waals surface area contributed by atoms with Crippen LogP contribution in [0.5, 0.6) is 17.2 Å². The lowest BCUT2D eigenvalue weighted by atomic mass is 10.1. The summed E-state index contributed by atoms with van der Waals surface area (Å²) in [6.45, 7) is -0.442. The molecule has 8 nitrogen and oxygen atoms in total. The van der Waals surface area contributed by atoms with Gasteiger partial charge in [0, 0.05) is 11.8 Å². The van der Waals surface area contributed by atoms with E-state index in [1.165, 1.54) is 38.7 Å². The molecule has 0 aliphatic heterocycles. The fraction of sp³-hybridized carbons (Fsp3) is 0.150. The summed E-state index contributed by atoms with van der Waals surface area (Å²) in [4.78, 5) is 19.1. The third kappa shape index (κ3) is 4.54. The molecule has 0 saturated heterocycles. The van der Waals surface area contributed by atoms with Crippen LogP contribution in [0.25, 0.3) is 0 Å². The summed E-state index contributed by atoms with van der Waals surface area (Å²) in [5.74, 6) is -2.85. The van der Waals surface area contributed by atoms with Crippen molar-refractivity contribution in [1.29, 1.82) is 0 Å². The number of ether oxygens (including phenoxy) is 3. The summed E-state index contributed by atoms with van der Waals surface area (Å²) in [5.41, 5.74) is 0.229. The Bertz CT molecular complexity index is 1030. The fourth-order valence-electron chi connectivity index (χ4n) is 2.53. The van der Waals surface area contributed by atoms with Crippen molar-refractivity contribution in [1.82, 2.24) is 9.97 Å². The lowest BCUT2D eigenvalue weighted by molar-refractivity contribution is 0.0697. The van der Waals surface area contributed by atoms with Gasteiger partial charge in [0.2, 0.25) is 5.95 Å². The highest BCUT2D eigenvalue weighted by Crippen LogP contribution is 2.32. The number of aromatic nitrogens is 2. The molecular formula is C20H17F2N3O5. The smallest absolute Gasteiger partial charge is 0.335 e. The van der Waals surface area contributed by atoms with Gasteiger partial charge < -0.3 is 24.6 Å². The first-order valence-electron chi connectivity index (χ1n) is 8.57. The van der Waals surface area contributed by atoms with Gasteiger partial charge in [0.15, 0.2) is 28.9 Å². The van der Waals surface area contributed by atoms with Crippen molar-refractivity contribution in [2.75, 3.05) is 19.5 Å². The zero-order valence-corrected chi connectivity index (χ0v) is 16.0. The number of aromatic carboxylic acids is 1. The summed E-state index contributed by atoms with van der Waals surface area (Å²) in [6, 6.07) is 7.22. The van der Waals surface area contributed by atoms with Crippen molar-refractivity contribution >= 4 is 17.6 Å². The maximum Gasteiger partial charge on any atom is 0.335 e. The SMILES string of the molecule is COc1cc(OC)c(F)c(COc2cnc(Nc3cccc(C(=O)O)c3)nc2)c1F. The molecule has 0 unspecified atom stereocenters. The molecule has 0 amide bonds. The van der Waals surface area contributed by atoms with Crippen LogP contribution in [-0.2, 0) is 6.61 Å². The predicted molar refractivity (Wildman–Crippen MR) is 103 cm³/mol. The van der Waals surface area contributed by atoms with Gasteiger partial charge >= 0.3 is 5.97 Å². The largest absolute Gasteiger partial charge is 0.494 e. The van der Waals surface area contributed by atoms with Crippen LogP contribution in [0.1, 0.15) is 15.9 Å². The molecule has 2 aromatic carbocycles. The van der Waals surface area contributed by atoms with E-state index in [-0.39, 0.29) is 34.3 Å². The number of anilines is 2. The Morgan fingerprint density at radius 2 is 1.70 bits per heavy atom. The molecule has 1 heterocycles. The van der Waals surface area contributed by atoms with Crippen LogP contribution in [0, 0.1) is 11.6 Å². The normalized spacial score (nSPS) is 10.4. The number of carboxylic acids is 1. The number of hydrogen-bond acceptors (Lipinski definition) is 7. The van der Waals surface area contributed by atoms with Gasteiger partial charge in [-0.05, 0) is 18.2 Å². The number of nitrogens with zero attached hydrogens (tertiary/aromatic N) is 2. The summed E-state index contributed by atoms with van der Waals surface area (Å²) in [7, 11) is 2.51. The van der Waals surface area contributed by atoms with Crippen molar-refractivity contribution in [3.63, 3.8) is 0 Å². The Hall–Kier alpha value is -3.95. The molecule has 0 radical (unpaired) electrons. The average molecular weight is 417 g/mol. The van der Waals surface area contributed by atoms with Crippen LogP contribution < -0.4 is 19.5 Å². The number of benzene rings is 2. The Balaban J connectivity index is 1.71. The van der Waals surface area contributed by atoms with Gasteiger partial charge in [-0.25, -0.2) is 23.5 Å². The van der Waals surface area contributed by atoms with Crippen molar-refractivity contribution in [2.24, 2.45) is 0 Å². The molecule has 0 aliphatic carbocycles. The lowest BCUT2D eigenvalue weighted by Crippen LogP contribution is -2.06. The Kier molecular flexibility index (Phi) is 6.26. The van der Waals surface area contributed by atoms with E-state index in [9.17, 15) is 13.6 Å². The molecular weight excluding hydrogens is 400 g/mol. The third-order valence-electron chi connectivity index (χ3n) is 4.04. The zero-order chi connectivity index (χ0) is 21.7. The monoisotopic (exact) mass is 417 g/mol. The van der Waals surface area contributed by atoms with Crippen molar-refractivity contribution < 1.29 is 32.9 Å². The molecule has 0 saturated carbocycles. The van der Waals surface area contributed by atoms with Gasteiger partial charge in [-0.2, -0.15) is 0 Å². The van der Waals surface area contributed by atoms with Gasteiger partial charge in [0.25, 0.3) is 0 Å². The number of methoxy groups -OCH3 is 2. The van der Waals surface area contributed by atoms with Gasteiger partial charge in [0.05, 0.1) is 37.7 Å². The number of halogens is 2. The molecule has 0 atom stereocenters. The molecule has 0 spiro atoms. The summed E-state index contributed by atoms with van der Waals surface area (Å²) in [6.07, 6.45) is 2.62. The minimum absolute atomic E-state index is 0.109. The van der Waals surface area contributed by atoms with Crippen LogP contribution in [0.4, 0.5) is 20.4 Å². The standard InChI is InChI=1S/C20H17F2N3O5/c1-28-15-7-16(29-2)18(22)14(17(15)21)10-30-13-8-23-20(24-9-13)25-12-5-3-4-11(6-12)19(26)27/h3-9H,10H2,1-2H3,(H,26,27)(H,23,24,25). The number of nitrogens with one attached hydrogen (secondary N) is 1. The quantitative estimate of drug-likeness (QED) is 0.571. The fourth-order valence-corrected chi connectivity index (χ4v) is 2.53. The first-order valence-corrected chi connectivity index (χ1v) is 8.57. The summed E-state index contributed by atoms with van der Waals surface area (Å²) in [5, 5.41) is 11.9. The van der Waals surface area contributed by atoms with E-state index in [1.807, 2.05) is 0 Å². The molecule has 2 N–H and O–H groups in total. The molecule has 10 heteroatoms. The second-order valence-electron chi connectivity index (χ2n) is 5.93. The number of carbonyl (C=O) groups is 1. The van der Waals surface area contributed by atoms with Gasteiger partial charge in [-0.3, -0.25) is 0 Å². The Labute approximate surface area is 170 Å². The average Bonchev–Trinajstić information content (AvgIpc) is 2.75. The summed E-state index contributed by atoms with van der Waals surface area (Å²) >= 11 is 0. The van der Waals surface area contributed by atoms with E-state index < -0.39 is 24.2 Å². The highest BCUT2D eigenvalue weighted by Gasteiger charge is 2.20. The third-order valence-corrected chi connectivity index (χ3v) is 4.04. The van der Waals surface area contributed by atoms with E-state index in [0.29, 0.717) is 5.69 Å². The van der Waals surface area contributed by atoms with Gasteiger partial charge in [-0.1, -0.05) is 6.07 Å². The van der Waals surface area contributed by atoms with Crippen molar-refractivity contribution in [3.8, 4) is 17.2 Å². The Morgan fingerprint density at radius 3 is 2.27 bits per heavy atom. The van der Waals surface area contributed by atoms with E-state index in [4.69, 9.17) is 19.3 Å². The van der Waals surface area contributed by atoms with E-state index in [2.05, 4.69) is 15.3 Å². The Morgan fingerprint density at radius 1 is 1.07 bits per heavy atom. The first-order chi connectivity index (χ1) is 14.4. The van der Waals surface area contributed by atoms with Crippen molar-refractivity contribution in [3.05, 3.63) is 65.5 Å². The van der Waals surface area contributed by atoms with Crippen LogP contribution in [-0.4, -0.2) is 35.3 Å². The summed E-state index contributed by atoms with van der Waals surface area (Å²) < 4.78 is 43.9. The highest BCUT2D eigenvalue weighted by molar-refractivity contribution is 5.88. The highest BCUT2D eigenvalue weighted by atomic mass is 19.1. The number of rotatable bonds is 8. The molecule has 3 aromatic rings. The molecule has 0 aliphatic rings. The predicted octanol–water partition coefficient (Wildman–Crippen LogP) is 3.79. The van der Waals surface area contributed by atoms with Crippen LogP contribution in [0.15, 0.2) is 42.7 Å². The zero-order valence-electron chi connectivity index (χ0n) is 16.0. The van der Waals surface area contributed by atoms with Crippen LogP contribution in [0.3, 0.4) is 0 Å². The maximum absolute atomic E-state index is 14.4. The van der Waals surface area contributed by atoms with E-state index in [0.717, 1.165) is 6.07 Å². The molecule has 0 fully saturated rings. The molecule has 156 valence electrons. The molecule has 3 rings (SSSR count). The number of hydrogen-bond donors (Lipinski definition) is 2.